The number of nitrogens with zero attached hydrogens (tertiary/aromatic N) is 1. The van der Waals surface area contributed by atoms with Gasteiger partial charge >= 0.3 is 5.97 Å². The molecule has 7 heteroatoms. The van der Waals surface area contributed by atoms with Crippen LogP contribution in [0.2, 0.25) is 0 Å². The average Bonchev–Trinajstić information content (AvgIpc) is 2.84. The topological polar surface area (TPSA) is 85.9 Å². The van der Waals surface area contributed by atoms with Gasteiger partial charge < -0.3 is 19.5 Å². The van der Waals surface area contributed by atoms with E-state index in [1.807, 2.05) is 0 Å². The number of likely N-dealkylation sites (tertiary alicyclic amines) is 1. The number of nitrogens with one attached hydrogen (secondary N) is 2. The van der Waals surface area contributed by atoms with Crippen molar-refractivity contribution in [2.24, 2.45) is 5.92 Å². The van der Waals surface area contributed by atoms with Crippen molar-refractivity contribution in [3.05, 3.63) is 11.8 Å². The van der Waals surface area contributed by atoms with Gasteiger partial charge in [0.05, 0.1) is 19.7 Å². The van der Waals surface area contributed by atoms with Crippen LogP contribution in [0.15, 0.2) is 10.6 Å². The predicted molar refractivity (Wildman–Crippen MR) is 74.8 cm³/mol. The fourth-order valence-corrected chi connectivity index (χ4v) is 2.61. The summed E-state index contributed by atoms with van der Waals surface area (Å²) in [4.78, 5) is 24.8. The summed E-state index contributed by atoms with van der Waals surface area (Å²) in [5, 5.41) is 6.42. The van der Waals surface area contributed by atoms with Crippen LogP contribution in [-0.2, 0) is 14.3 Å². The van der Waals surface area contributed by atoms with Crippen LogP contribution in [0.3, 0.4) is 0 Å². The molecule has 2 rings (SSSR count). The highest BCUT2D eigenvalue weighted by Gasteiger charge is 2.30. The summed E-state index contributed by atoms with van der Waals surface area (Å²) >= 11 is 0. The number of quaternary nitrogens is 1. The third kappa shape index (κ3) is 4.56. The molecule has 0 spiro atoms. The second kappa shape index (κ2) is 7.21. The van der Waals surface area contributed by atoms with Crippen LogP contribution in [-0.4, -0.2) is 43.3 Å². The maximum atomic E-state index is 12.0. The Bertz CT molecular complexity index is 500. The summed E-state index contributed by atoms with van der Waals surface area (Å²) in [7, 11) is 0. The van der Waals surface area contributed by atoms with E-state index in [1.54, 1.807) is 19.9 Å². The predicted octanol–water partition coefficient (Wildman–Crippen LogP) is -0.220. The summed E-state index contributed by atoms with van der Waals surface area (Å²) < 4.78 is 9.96. The maximum Gasteiger partial charge on any atom is 0.314 e. The van der Waals surface area contributed by atoms with Gasteiger partial charge in [-0.25, -0.2) is 0 Å². The zero-order valence-electron chi connectivity index (χ0n) is 12.5. The Kier molecular flexibility index (Phi) is 5.32. The van der Waals surface area contributed by atoms with Gasteiger partial charge in [-0.3, -0.25) is 9.59 Å². The van der Waals surface area contributed by atoms with Crippen molar-refractivity contribution in [3.63, 3.8) is 0 Å². The molecule has 1 aromatic heterocycles. The minimum absolute atomic E-state index is 0.101. The van der Waals surface area contributed by atoms with Gasteiger partial charge in [-0.1, -0.05) is 5.16 Å². The van der Waals surface area contributed by atoms with E-state index >= 15 is 0 Å². The maximum absolute atomic E-state index is 12.0. The molecule has 0 aliphatic carbocycles. The normalized spacial score (nSPS) is 21.8. The second-order valence-corrected chi connectivity index (χ2v) is 5.34. The van der Waals surface area contributed by atoms with Gasteiger partial charge in [-0.2, -0.15) is 0 Å². The van der Waals surface area contributed by atoms with E-state index in [4.69, 9.17) is 9.26 Å². The number of anilines is 1. The van der Waals surface area contributed by atoms with Gasteiger partial charge in [0.2, 0.25) is 0 Å². The first-order chi connectivity index (χ1) is 10.1. The number of piperidine rings is 1. The Hall–Kier alpha value is -1.89. The van der Waals surface area contributed by atoms with Gasteiger partial charge in [-0.15, -0.1) is 0 Å². The Morgan fingerprint density at radius 2 is 2.38 bits per heavy atom. The summed E-state index contributed by atoms with van der Waals surface area (Å²) in [6.45, 7) is 5.82. The molecule has 1 aromatic rings. The van der Waals surface area contributed by atoms with Crippen LogP contribution >= 0.6 is 0 Å². The Labute approximate surface area is 123 Å². The number of aryl methyl sites for hydroxylation is 1. The zero-order chi connectivity index (χ0) is 15.2. The number of rotatable bonds is 5. The fraction of sp³-hybridized carbons (Fsp3) is 0.643. The molecule has 0 aromatic carbocycles. The highest BCUT2D eigenvalue weighted by atomic mass is 16.5. The summed E-state index contributed by atoms with van der Waals surface area (Å²) in [5.74, 6) is 0.703. The smallest absolute Gasteiger partial charge is 0.314 e. The first-order valence-corrected chi connectivity index (χ1v) is 7.32. The van der Waals surface area contributed by atoms with Crippen molar-refractivity contribution < 1.29 is 23.7 Å². The van der Waals surface area contributed by atoms with Crippen LogP contribution < -0.4 is 10.2 Å². The molecule has 2 heterocycles. The quantitative estimate of drug-likeness (QED) is 0.734. The van der Waals surface area contributed by atoms with Crippen LogP contribution in [0, 0.1) is 12.8 Å². The zero-order valence-corrected chi connectivity index (χ0v) is 12.5. The van der Waals surface area contributed by atoms with Gasteiger partial charge in [0.25, 0.3) is 5.91 Å². The summed E-state index contributed by atoms with van der Waals surface area (Å²) in [6.07, 6.45) is 1.77. The fourth-order valence-electron chi connectivity index (χ4n) is 2.61. The number of hydrogen-bond acceptors (Lipinski definition) is 5. The number of amides is 1. The van der Waals surface area contributed by atoms with E-state index in [9.17, 15) is 9.59 Å². The van der Waals surface area contributed by atoms with Crippen molar-refractivity contribution >= 4 is 17.7 Å². The molecule has 7 nitrogen and oxygen atoms in total. The standard InChI is InChI=1S/C14H21N3O4/c1-3-20-14(19)11-5-4-6-17(8-11)9-13(18)15-12-7-10(2)21-16-12/h7,11H,3-6,8-9H2,1-2H3,(H,15,16,18)/p+1/t11-/m0/s1. The van der Waals surface area contributed by atoms with Crippen molar-refractivity contribution in [1.82, 2.24) is 5.16 Å². The van der Waals surface area contributed by atoms with Crippen LogP contribution in [0.4, 0.5) is 5.82 Å². The number of hydrogen-bond donors (Lipinski definition) is 2. The Morgan fingerprint density at radius 1 is 1.57 bits per heavy atom. The van der Waals surface area contributed by atoms with E-state index in [1.165, 1.54) is 0 Å². The van der Waals surface area contributed by atoms with Crippen molar-refractivity contribution in [1.29, 1.82) is 0 Å². The van der Waals surface area contributed by atoms with Crippen LogP contribution in [0.5, 0.6) is 0 Å². The number of carbonyl (C=O) groups excluding carboxylic acids is 2. The summed E-state index contributed by atoms with van der Waals surface area (Å²) in [5.41, 5.74) is 0. The van der Waals surface area contributed by atoms with Crippen LogP contribution in [0.1, 0.15) is 25.5 Å². The first-order valence-electron chi connectivity index (χ1n) is 7.32. The third-order valence-electron chi connectivity index (χ3n) is 3.54. The van der Waals surface area contributed by atoms with E-state index < -0.39 is 0 Å². The lowest BCUT2D eigenvalue weighted by Gasteiger charge is -2.28. The molecular formula is C14H22N3O4+. The molecule has 1 aliphatic heterocycles. The van der Waals surface area contributed by atoms with Gasteiger partial charge in [0, 0.05) is 6.07 Å². The second-order valence-electron chi connectivity index (χ2n) is 5.34. The number of aromatic nitrogens is 1. The minimum Gasteiger partial charge on any atom is -0.466 e. The molecule has 1 unspecified atom stereocenters. The molecule has 0 bridgehead atoms. The van der Waals surface area contributed by atoms with Gasteiger partial charge in [0.1, 0.15) is 11.7 Å². The molecular weight excluding hydrogens is 274 g/mol. The molecule has 2 N–H and O–H groups in total. The van der Waals surface area contributed by atoms with E-state index in [0.29, 0.717) is 31.3 Å². The number of carbonyl (C=O) groups is 2. The molecule has 1 fully saturated rings. The van der Waals surface area contributed by atoms with Crippen LogP contribution in [0.25, 0.3) is 0 Å². The molecule has 116 valence electrons. The number of esters is 1. The van der Waals surface area contributed by atoms with Gasteiger partial charge in [0.15, 0.2) is 12.4 Å². The molecule has 0 saturated carbocycles. The SMILES string of the molecule is CCOC(=O)[C@H]1CCC[NH+](CC(=O)Nc2cc(C)on2)C1. The lowest BCUT2D eigenvalue weighted by Crippen LogP contribution is -3.14. The van der Waals surface area contributed by atoms with Gasteiger partial charge in [-0.05, 0) is 26.7 Å². The average molecular weight is 296 g/mol. The van der Waals surface area contributed by atoms with Crippen molar-refractivity contribution in [2.75, 3.05) is 31.6 Å². The molecule has 1 saturated heterocycles. The van der Waals surface area contributed by atoms with Crippen molar-refractivity contribution in [2.45, 2.75) is 26.7 Å². The number of ether oxygens (including phenoxy) is 1. The third-order valence-corrected chi connectivity index (χ3v) is 3.54. The van der Waals surface area contributed by atoms with E-state index in [2.05, 4.69) is 10.5 Å². The Morgan fingerprint density at radius 3 is 3.05 bits per heavy atom. The monoisotopic (exact) mass is 296 g/mol. The summed E-state index contributed by atoms with van der Waals surface area (Å²) in [6, 6.07) is 1.67. The largest absolute Gasteiger partial charge is 0.466 e. The molecule has 0 radical (unpaired) electrons. The Balaban J connectivity index is 1.81. The molecule has 21 heavy (non-hydrogen) atoms. The first kappa shape index (κ1) is 15.5. The molecule has 1 aliphatic rings. The van der Waals surface area contributed by atoms with E-state index in [0.717, 1.165) is 24.3 Å². The van der Waals surface area contributed by atoms with E-state index in [-0.39, 0.29) is 17.8 Å². The van der Waals surface area contributed by atoms with Crippen molar-refractivity contribution in [3.8, 4) is 0 Å². The highest BCUT2D eigenvalue weighted by molar-refractivity contribution is 5.90. The lowest BCUT2D eigenvalue weighted by atomic mass is 9.98. The molecule has 2 atom stereocenters. The lowest BCUT2D eigenvalue weighted by molar-refractivity contribution is -0.899. The molecule has 1 amide bonds. The highest BCUT2D eigenvalue weighted by Crippen LogP contribution is 2.09. The minimum atomic E-state index is -0.151.